The molecule has 1 N–H and O–H groups in total. The summed E-state index contributed by atoms with van der Waals surface area (Å²) in [5, 5.41) is 9.14. The van der Waals surface area contributed by atoms with Crippen molar-refractivity contribution in [3.05, 3.63) is 47.5 Å². The van der Waals surface area contributed by atoms with Crippen LogP contribution in [0.4, 0.5) is 0 Å². The molecular weight excluding hydrogens is 232 g/mol. The maximum absolute atomic E-state index is 11.8. The van der Waals surface area contributed by atoms with Gasteiger partial charge in [-0.05, 0) is 24.1 Å². The fourth-order valence-electron chi connectivity index (χ4n) is 1.87. The maximum atomic E-state index is 11.8. The van der Waals surface area contributed by atoms with E-state index in [0.717, 1.165) is 0 Å². The zero-order chi connectivity index (χ0) is 13.1. The van der Waals surface area contributed by atoms with Crippen LogP contribution in [0, 0.1) is 0 Å². The average Bonchev–Trinajstić information content (AvgIpc) is 2.53. The molecule has 0 spiro atoms. The van der Waals surface area contributed by atoms with Gasteiger partial charge in [0, 0.05) is 0 Å². The standard InChI is InChI=1S/C14H12O4/c1-2-18-14(17)12-8-11(13(15)16)9-6-4-3-5-7-10(9)12/h3-8H,2H2,1H3,(H,15,16). The average molecular weight is 244 g/mol. The smallest absolute Gasteiger partial charge is 0.338 e. The Morgan fingerprint density at radius 3 is 2.28 bits per heavy atom. The van der Waals surface area contributed by atoms with Crippen LogP contribution in [0.5, 0.6) is 0 Å². The second-order valence-electron chi connectivity index (χ2n) is 3.74. The summed E-state index contributed by atoms with van der Waals surface area (Å²) >= 11 is 0. The number of aromatic carboxylic acids is 1. The molecule has 2 rings (SSSR count). The minimum atomic E-state index is -1.05. The minimum absolute atomic E-state index is 0.115. The van der Waals surface area contributed by atoms with E-state index in [2.05, 4.69) is 0 Å². The van der Waals surface area contributed by atoms with Crippen LogP contribution >= 0.6 is 0 Å². The number of carboxylic acid groups (broad SMARTS) is 1. The number of fused-ring (bicyclic) bond motifs is 1. The summed E-state index contributed by atoms with van der Waals surface area (Å²) < 4.78 is 4.93. The molecule has 0 saturated carbocycles. The first kappa shape index (κ1) is 12.1. The first-order chi connectivity index (χ1) is 8.65. The number of rotatable bonds is 3. The molecular formula is C14H12O4. The molecule has 0 atom stereocenters. The van der Waals surface area contributed by atoms with Crippen LogP contribution in [-0.4, -0.2) is 23.7 Å². The highest BCUT2D eigenvalue weighted by molar-refractivity contribution is 6.07. The van der Waals surface area contributed by atoms with Crippen molar-refractivity contribution in [3.8, 4) is 11.1 Å². The fourth-order valence-corrected chi connectivity index (χ4v) is 1.87. The van der Waals surface area contributed by atoms with Gasteiger partial charge in [-0.15, -0.1) is 0 Å². The third-order valence-corrected chi connectivity index (χ3v) is 2.63. The molecule has 92 valence electrons. The summed E-state index contributed by atoms with van der Waals surface area (Å²) in [5.41, 5.74) is 1.54. The molecule has 4 heteroatoms. The lowest BCUT2D eigenvalue weighted by Gasteiger charge is -2.01. The van der Waals surface area contributed by atoms with Gasteiger partial charge in [-0.3, -0.25) is 0 Å². The Morgan fingerprint density at radius 2 is 1.72 bits per heavy atom. The zero-order valence-corrected chi connectivity index (χ0v) is 9.84. The van der Waals surface area contributed by atoms with Gasteiger partial charge in [0.2, 0.25) is 0 Å². The van der Waals surface area contributed by atoms with Crippen molar-refractivity contribution in [3.63, 3.8) is 0 Å². The van der Waals surface area contributed by atoms with Crippen molar-refractivity contribution in [2.75, 3.05) is 6.61 Å². The topological polar surface area (TPSA) is 63.6 Å². The summed E-state index contributed by atoms with van der Waals surface area (Å²) in [6.45, 7) is 1.97. The quantitative estimate of drug-likeness (QED) is 0.843. The molecule has 0 fully saturated rings. The summed E-state index contributed by atoms with van der Waals surface area (Å²) in [4.78, 5) is 22.9. The van der Waals surface area contributed by atoms with Crippen molar-refractivity contribution in [2.24, 2.45) is 0 Å². The molecule has 2 aliphatic rings. The number of carbonyl (C=O) groups is 2. The molecule has 18 heavy (non-hydrogen) atoms. The van der Waals surface area contributed by atoms with Gasteiger partial charge in [-0.25, -0.2) is 9.59 Å². The number of carbonyl (C=O) groups excluding carboxylic acids is 1. The normalized spacial score (nSPS) is 10.3. The van der Waals surface area contributed by atoms with E-state index in [-0.39, 0.29) is 12.2 Å². The van der Waals surface area contributed by atoms with E-state index in [9.17, 15) is 9.59 Å². The lowest BCUT2D eigenvalue weighted by molar-refractivity contribution is 0.0527. The van der Waals surface area contributed by atoms with Crippen LogP contribution in [0.25, 0.3) is 11.1 Å². The molecule has 0 unspecified atom stereocenters. The Morgan fingerprint density at radius 1 is 1.11 bits per heavy atom. The second-order valence-corrected chi connectivity index (χ2v) is 3.74. The predicted octanol–water partition coefficient (Wildman–Crippen LogP) is 2.67. The van der Waals surface area contributed by atoms with E-state index in [1.165, 1.54) is 6.07 Å². The molecule has 0 heterocycles. The van der Waals surface area contributed by atoms with Gasteiger partial charge in [0.05, 0.1) is 17.7 Å². The molecule has 0 aliphatic heterocycles. The lowest BCUT2D eigenvalue weighted by Crippen LogP contribution is -2.03. The van der Waals surface area contributed by atoms with Gasteiger partial charge in [0.1, 0.15) is 0 Å². The summed E-state index contributed by atoms with van der Waals surface area (Å²) in [6, 6.07) is 10.0. The van der Waals surface area contributed by atoms with E-state index < -0.39 is 11.9 Å². The third-order valence-electron chi connectivity index (χ3n) is 2.63. The Kier molecular flexibility index (Phi) is 3.28. The maximum Gasteiger partial charge on any atom is 0.338 e. The summed E-state index contributed by atoms with van der Waals surface area (Å²) in [7, 11) is 0. The van der Waals surface area contributed by atoms with Crippen LogP contribution in [0.15, 0.2) is 36.4 Å². The predicted molar refractivity (Wildman–Crippen MR) is 66.0 cm³/mol. The van der Waals surface area contributed by atoms with E-state index in [0.29, 0.717) is 16.7 Å². The van der Waals surface area contributed by atoms with Crippen LogP contribution in [0.3, 0.4) is 0 Å². The first-order valence-electron chi connectivity index (χ1n) is 5.57. The van der Waals surface area contributed by atoms with Crippen molar-refractivity contribution >= 4 is 11.9 Å². The van der Waals surface area contributed by atoms with Gasteiger partial charge in [0.25, 0.3) is 0 Å². The molecule has 0 aromatic heterocycles. The van der Waals surface area contributed by atoms with Gasteiger partial charge in [-0.1, -0.05) is 30.3 Å². The lowest BCUT2D eigenvalue weighted by atomic mass is 10.1. The number of ether oxygens (including phenoxy) is 1. The van der Waals surface area contributed by atoms with Crippen molar-refractivity contribution in [1.29, 1.82) is 0 Å². The molecule has 0 radical (unpaired) electrons. The number of hydrogen-bond donors (Lipinski definition) is 1. The van der Waals surface area contributed by atoms with E-state index in [1.54, 1.807) is 37.3 Å². The summed E-state index contributed by atoms with van der Waals surface area (Å²) in [6.07, 6.45) is 0. The SMILES string of the molecule is CCOC(=O)c1cc(C(=O)O)c2cccccc1-2. The van der Waals surface area contributed by atoms with E-state index in [1.807, 2.05) is 0 Å². The molecule has 0 aromatic rings. The van der Waals surface area contributed by atoms with Crippen LogP contribution < -0.4 is 0 Å². The summed E-state index contributed by atoms with van der Waals surface area (Å²) in [5.74, 6) is -1.55. The molecule has 0 amide bonds. The van der Waals surface area contributed by atoms with Gasteiger partial charge >= 0.3 is 11.9 Å². The van der Waals surface area contributed by atoms with E-state index in [4.69, 9.17) is 9.84 Å². The second kappa shape index (κ2) is 4.87. The van der Waals surface area contributed by atoms with Crippen molar-refractivity contribution in [2.45, 2.75) is 6.92 Å². The van der Waals surface area contributed by atoms with Gasteiger partial charge < -0.3 is 9.84 Å². The Bertz CT molecular complexity index is 574. The number of esters is 1. The Balaban J connectivity index is 2.63. The number of carboxylic acids is 1. The van der Waals surface area contributed by atoms with Gasteiger partial charge in [0.15, 0.2) is 0 Å². The molecule has 4 nitrogen and oxygen atoms in total. The Labute approximate surface area is 104 Å². The molecule has 0 saturated heterocycles. The van der Waals surface area contributed by atoms with Crippen LogP contribution in [0.1, 0.15) is 27.6 Å². The fraction of sp³-hybridized carbons (Fsp3) is 0.143. The highest BCUT2D eigenvalue weighted by atomic mass is 16.5. The van der Waals surface area contributed by atoms with E-state index >= 15 is 0 Å². The highest BCUT2D eigenvalue weighted by Gasteiger charge is 2.23. The molecule has 2 aliphatic carbocycles. The minimum Gasteiger partial charge on any atom is -0.478 e. The van der Waals surface area contributed by atoms with Gasteiger partial charge in [-0.2, -0.15) is 0 Å². The monoisotopic (exact) mass is 244 g/mol. The van der Waals surface area contributed by atoms with Crippen LogP contribution in [0.2, 0.25) is 0 Å². The molecule has 0 bridgehead atoms. The zero-order valence-electron chi connectivity index (χ0n) is 9.84. The largest absolute Gasteiger partial charge is 0.478 e. The highest BCUT2D eigenvalue weighted by Crippen LogP contribution is 2.32. The van der Waals surface area contributed by atoms with Crippen molar-refractivity contribution < 1.29 is 19.4 Å². The first-order valence-corrected chi connectivity index (χ1v) is 5.57. The van der Waals surface area contributed by atoms with Crippen LogP contribution in [-0.2, 0) is 4.74 Å². The third kappa shape index (κ3) is 2.05. The number of hydrogen-bond acceptors (Lipinski definition) is 3. The molecule has 0 aromatic carbocycles. The Hall–Kier alpha value is -2.36. The van der Waals surface area contributed by atoms with Crippen molar-refractivity contribution in [1.82, 2.24) is 0 Å².